The zero-order chi connectivity index (χ0) is 14.8. The SMILES string of the molecule is O=C(O)c1sccc1CNc1cccc2cc(Br)cnc12. The summed E-state index contributed by atoms with van der Waals surface area (Å²) in [6.45, 7) is 0.460. The number of halogens is 1. The average Bonchev–Trinajstić information content (AvgIpc) is 2.93. The summed E-state index contributed by atoms with van der Waals surface area (Å²) in [5.74, 6) is -0.887. The average molecular weight is 363 g/mol. The fraction of sp³-hybridized carbons (Fsp3) is 0.0667. The van der Waals surface area contributed by atoms with Gasteiger partial charge in [-0.15, -0.1) is 11.3 Å². The van der Waals surface area contributed by atoms with E-state index in [9.17, 15) is 4.79 Å². The second-order valence-corrected chi connectivity index (χ2v) is 6.30. The molecule has 0 aliphatic heterocycles. The fourth-order valence-corrected chi connectivity index (χ4v) is 3.24. The van der Waals surface area contributed by atoms with Gasteiger partial charge < -0.3 is 10.4 Å². The Bertz CT molecular complexity index is 816. The highest BCUT2D eigenvalue weighted by Crippen LogP contribution is 2.25. The van der Waals surface area contributed by atoms with Crippen LogP contribution in [0.3, 0.4) is 0 Å². The number of carbonyl (C=O) groups is 1. The molecule has 0 aliphatic rings. The number of pyridine rings is 1. The van der Waals surface area contributed by atoms with Crippen LogP contribution >= 0.6 is 27.3 Å². The van der Waals surface area contributed by atoms with Crippen molar-refractivity contribution in [2.45, 2.75) is 6.54 Å². The van der Waals surface area contributed by atoms with Crippen molar-refractivity contribution in [2.75, 3.05) is 5.32 Å². The molecule has 0 bridgehead atoms. The molecule has 0 amide bonds. The number of nitrogens with one attached hydrogen (secondary N) is 1. The topological polar surface area (TPSA) is 62.2 Å². The van der Waals surface area contributed by atoms with Gasteiger partial charge in [0.05, 0.1) is 11.2 Å². The Morgan fingerprint density at radius 2 is 2.24 bits per heavy atom. The van der Waals surface area contributed by atoms with E-state index in [1.807, 2.05) is 30.3 Å². The minimum Gasteiger partial charge on any atom is -0.477 e. The molecule has 2 heterocycles. The lowest BCUT2D eigenvalue weighted by atomic mass is 10.2. The van der Waals surface area contributed by atoms with Gasteiger partial charge in [-0.05, 0) is 45.1 Å². The summed E-state index contributed by atoms with van der Waals surface area (Å²) in [5.41, 5.74) is 2.54. The number of thiophene rings is 1. The molecule has 2 N–H and O–H groups in total. The molecule has 3 aromatic rings. The molecule has 3 rings (SSSR count). The molecule has 0 saturated carbocycles. The predicted octanol–water partition coefficient (Wildman–Crippen LogP) is 4.37. The zero-order valence-corrected chi connectivity index (χ0v) is 13.2. The summed E-state index contributed by atoms with van der Waals surface area (Å²) in [5, 5.41) is 15.2. The Kier molecular flexibility index (Phi) is 3.90. The minimum atomic E-state index is -0.887. The van der Waals surface area contributed by atoms with Crippen LogP contribution in [0.2, 0.25) is 0 Å². The molecule has 4 nitrogen and oxygen atoms in total. The second-order valence-electron chi connectivity index (χ2n) is 4.46. The molecule has 0 saturated heterocycles. The van der Waals surface area contributed by atoms with Crippen molar-refractivity contribution in [3.8, 4) is 0 Å². The van der Waals surface area contributed by atoms with Crippen LogP contribution in [0.5, 0.6) is 0 Å². The van der Waals surface area contributed by atoms with Gasteiger partial charge in [-0.1, -0.05) is 12.1 Å². The largest absolute Gasteiger partial charge is 0.477 e. The first-order valence-electron chi connectivity index (χ1n) is 6.23. The van der Waals surface area contributed by atoms with Gasteiger partial charge in [-0.2, -0.15) is 0 Å². The summed E-state index contributed by atoms with van der Waals surface area (Å²) >= 11 is 4.64. The van der Waals surface area contributed by atoms with Gasteiger partial charge in [-0.25, -0.2) is 4.79 Å². The normalized spacial score (nSPS) is 10.7. The summed E-state index contributed by atoms with van der Waals surface area (Å²) < 4.78 is 0.929. The van der Waals surface area contributed by atoms with Crippen molar-refractivity contribution >= 4 is 49.8 Å². The molecule has 0 atom stereocenters. The van der Waals surface area contributed by atoms with Gasteiger partial charge in [0.2, 0.25) is 0 Å². The predicted molar refractivity (Wildman–Crippen MR) is 88.0 cm³/mol. The number of benzene rings is 1. The molecular weight excluding hydrogens is 352 g/mol. The van der Waals surface area contributed by atoms with E-state index < -0.39 is 5.97 Å². The van der Waals surface area contributed by atoms with Crippen LogP contribution in [0, 0.1) is 0 Å². The number of carboxylic acids is 1. The van der Waals surface area contributed by atoms with Crippen LogP contribution in [0.4, 0.5) is 5.69 Å². The number of nitrogens with zero attached hydrogens (tertiary/aromatic N) is 1. The lowest BCUT2D eigenvalue weighted by Gasteiger charge is -2.09. The number of fused-ring (bicyclic) bond motifs is 1. The highest BCUT2D eigenvalue weighted by molar-refractivity contribution is 9.10. The highest BCUT2D eigenvalue weighted by atomic mass is 79.9. The standard InChI is InChI=1S/C15H11BrN2O2S/c16-11-6-9-2-1-3-12(13(9)18-8-11)17-7-10-4-5-21-14(10)15(19)20/h1-6,8,17H,7H2,(H,19,20). The number of carboxylic acid groups (broad SMARTS) is 1. The number of aromatic carboxylic acids is 1. The monoisotopic (exact) mass is 362 g/mol. The summed E-state index contributed by atoms with van der Waals surface area (Å²) in [6.07, 6.45) is 1.75. The molecule has 6 heteroatoms. The Labute approximate surface area is 133 Å². The van der Waals surface area contributed by atoms with E-state index in [1.54, 1.807) is 11.6 Å². The van der Waals surface area contributed by atoms with Crippen molar-refractivity contribution in [3.63, 3.8) is 0 Å². The van der Waals surface area contributed by atoms with Crippen LogP contribution < -0.4 is 5.32 Å². The van der Waals surface area contributed by atoms with Gasteiger partial charge >= 0.3 is 5.97 Å². The molecule has 106 valence electrons. The smallest absolute Gasteiger partial charge is 0.346 e. The minimum absolute atomic E-state index is 0.374. The molecule has 0 spiro atoms. The van der Waals surface area contributed by atoms with Crippen LogP contribution in [-0.4, -0.2) is 16.1 Å². The van der Waals surface area contributed by atoms with E-state index >= 15 is 0 Å². The van der Waals surface area contributed by atoms with Gasteiger partial charge in [-0.3, -0.25) is 4.98 Å². The summed E-state index contributed by atoms with van der Waals surface area (Å²) in [6, 6.07) is 9.71. The number of hydrogen-bond acceptors (Lipinski definition) is 4. The Morgan fingerprint density at radius 1 is 1.38 bits per heavy atom. The number of hydrogen-bond donors (Lipinski definition) is 2. The summed E-state index contributed by atoms with van der Waals surface area (Å²) in [4.78, 5) is 15.9. The van der Waals surface area contributed by atoms with Gasteiger partial charge in [0.1, 0.15) is 4.88 Å². The van der Waals surface area contributed by atoms with Crippen molar-refractivity contribution in [3.05, 3.63) is 56.8 Å². The van der Waals surface area contributed by atoms with Crippen LogP contribution in [-0.2, 0) is 6.54 Å². The van der Waals surface area contributed by atoms with Crippen molar-refractivity contribution in [1.82, 2.24) is 4.98 Å². The fourth-order valence-electron chi connectivity index (χ4n) is 2.13. The van der Waals surface area contributed by atoms with Crippen molar-refractivity contribution in [1.29, 1.82) is 0 Å². The number of anilines is 1. The van der Waals surface area contributed by atoms with Crippen LogP contribution in [0.15, 0.2) is 46.4 Å². The molecule has 0 aliphatic carbocycles. The highest BCUT2D eigenvalue weighted by Gasteiger charge is 2.11. The first-order chi connectivity index (χ1) is 10.1. The van der Waals surface area contributed by atoms with E-state index in [0.717, 1.165) is 26.6 Å². The molecule has 2 aromatic heterocycles. The lowest BCUT2D eigenvalue weighted by molar-refractivity contribution is 0.0701. The van der Waals surface area contributed by atoms with E-state index in [1.165, 1.54) is 11.3 Å². The molecule has 1 aromatic carbocycles. The van der Waals surface area contributed by atoms with Crippen molar-refractivity contribution < 1.29 is 9.90 Å². The van der Waals surface area contributed by atoms with E-state index in [-0.39, 0.29) is 0 Å². The van der Waals surface area contributed by atoms with Gasteiger partial charge in [0, 0.05) is 22.6 Å². The third kappa shape index (κ3) is 2.91. The number of rotatable bonds is 4. The Balaban J connectivity index is 1.88. The van der Waals surface area contributed by atoms with Gasteiger partial charge in [0.25, 0.3) is 0 Å². The Hall–Kier alpha value is -1.92. The summed E-state index contributed by atoms with van der Waals surface area (Å²) in [7, 11) is 0. The first-order valence-corrected chi connectivity index (χ1v) is 7.90. The van der Waals surface area contributed by atoms with E-state index in [0.29, 0.717) is 11.4 Å². The molecule has 21 heavy (non-hydrogen) atoms. The van der Waals surface area contributed by atoms with E-state index in [2.05, 4.69) is 26.2 Å². The second kappa shape index (κ2) is 5.83. The number of para-hydroxylation sites is 1. The molecule has 0 radical (unpaired) electrons. The quantitative estimate of drug-likeness (QED) is 0.723. The Morgan fingerprint density at radius 3 is 3.05 bits per heavy atom. The van der Waals surface area contributed by atoms with E-state index in [4.69, 9.17) is 5.11 Å². The van der Waals surface area contributed by atoms with Crippen molar-refractivity contribution in [2.24, 2.45) is 0 Å². The van der Waals surface area contributed by atoms with Crippen LogP contribution in [0.1, 0.15) is 15.2 Å². The maximum absolute atomic E-state index is 11.1. The zero-order valence-electron chi connectivity index (χ0n) is 10.8. The maximum atomic E-state index is 11.1. The third-order valence-electron chi connectivity index (χ3n) is 3.09. The maximum Gasteiger partial charge on any atom is 0.346 e. The number of aromatic nitrogens is 1. The molecular formula is C15H11BrN2O2S. The molecule has 0 fully saturated rings. The third-order valence-corrected chi connectivity index (χ3v) is 4.47. The lowest BCUT2D eigenvalue weighted by Crippen LogP contribution is -2.04. The molecule has 0 unspecified atom stereocenters. The first kappa shape index (κ1) is 14.0. The van der Waals surface area contributed by atoms with Crippen LogP contribution in [0.25, 0.3) is 10.9 Å². The van der Waals surface area contributed by atoms with Gasteiger partial charge in [0.15, 0.2) is 0 Å².